The van der Waals surface area contributed by atoms with Gasteiger partial charge in [-0.25, -0.2) is 4.79 Å². The number of carbonyl (C=O) groups is 1. The minimum atomic E-state index is -0.176. The Bertz CT molecular complexity index is 493. The minimum absolute atomic E-state index is 0.176. The zero-order valence-corrected chi connectivity index (χ0v) is 13.0. The lowest BCUT2D eigenvalue weighted by Crippen LogP contribution is -2.31. The lowest BCUT2D eigenvalue weighted by atomic mass is 9.85. The SMILES string of the molecule is O=C(OCc1ccccc1)N1CC[C@]2(CC[C@@H](CCl)C2)C1. The number of benzene rings is 1. The zero-order valence-electron chi connectivity index (χ0n) is 12.3. The number of carbonyl (C=O) groups excluding carboxylic acids is 1. The summed E-state index contributed by atoms with van der Waals surface area (Å²) in [6.07, 6.45) is 4.49. The van der Waals surface area contributed by atoms with Crippen molar-refractivity contribution < 1.29 is 9.53 Å². The van der Waals surface area contributed by atoms with Crippen LogP contribution in [-0.4, -0.2) is 30.0 Å². The van der Waals surface area contributed by atoms with Crippen LogP contribution in [0.1, 0.15) is 31.2 Å². The first kappa shape index (κ1) is 14.7. The maximum Gasteiger partial charge on any atom is 0.410 e. The highest BCUT2D eigenvalue weighted by atomic mass is 35.5. The molecule has 1 aromatic carbocycles. The van der Waals surface area contributed by atoms with Crippen molar-refractivity contribution in [2.75, 3.05) is 19.0 Å². The van der Waals surface area contributed by atoms with E-state index in [-0.39, 0.29) is 6.09 Å². The summed E-state index contributed by atoms with van der Waals surface area (Å²) in [6.45, 7) is 2.02. The van der Waals surface area contributed by atoms with E-state index in [1.165, 1.54) is 19.3 Å². The van der Waals surface area contributed by atoms with Gasteiger partial charge >= 0.3 is 6.09 Å². The first-order chi connectivity index (χ1) is 10.2. The Morgan fingerprint density at radius 3 is 2.86 bits per heavy atom. The summed E-state index contributed by atoms with van der Waals surface area (Å²) in [5, 5.41) is 0. The summed E-state index contributed by atoms with van der Waals surface area (Å²) in [5.41, 5.74) is 1.34. The highest BCUT2D eigenvalue weighted by Crippen LogP contribution is 2.48. The number of alkyl halides is 1. The van der Waals surface area contributed by atoms with Gasteiger partial charge < -0.3 is 9.64 Å². The third kappa shape index (κ3) is 3.34. The molecule has 1 aromatic rings. The number of hydrogen-bond acceptors (Lipinski definition) is 2. The van der Waals surface area contributed by atoms with Gasteiger partial charge in [-0.3, -0.25) is 0 Å². The highest BCUT2D eigenvalue weighted by molar-refractivity contribution is 6.18. The third-order valence-corrected chi connectivity index (χ3v) is 5.36. The molecule has 4 heteroatoms. The monoisotopic (exact) mass is 307 g/mol. The average molecular weight is 308 g/mol. The number of hydrogen-bond donors (Lipinski definition) is 0. The van der Waals surface area contributed by atoms with Crippen LogP contribution in [0.2, 0.25) is 0 Å². The summed E-state index contributed by atoms with van der Waals surface area (Å²) >= 11 is 5.98. The van der Waals surface area contributed by atoms with E-state index < -0.39 is 0 Å². The Kier molecular flexibility index (Phi) is 4.39. The zero-order chi connectivity index (χ0) is 14.7. The molecule has 2 aliphatic rings. The first-order valence-corrected chi connectivity index (χ1v) is 8.26. The largest absolute Gasteiger partial charge is 0.445 e. The van der Waals surface area contributed by atoms with Crippen molar-refractivity contribution in [2.45, 2.75) is 32.3 Å². The van der Waals surface area contributed by atoms with Crippen LogP contribution in [0.4, 0.5) is 4.79 Å². The van der Waals surface area contributed by atoms with Crippen LogP contribution in [-0.2, 0) is 11.3 Å². The Hall–Kier alpha value is -1.22. The molecular formula is C17H22ClNO2. The minimum Gasteiger partial charge on any atom is -0.445 e. The first-order valence-electron chi connectivity index (χ1n) is 7.72. The lowest BCUT2D eigenvalue weighted by Gasteiger charge is -2.23. The van der Waals surface area contributed by atoms with Crippen molar-refractivity contribution in [1.29, 1.82) is 0 Å². The van der Waals surface area contributed by atoms with Gasteiger partial charge in [0.05, 0.1) is 0 Å². The van der Waals surface area contributed by atoms with E-state index in [1.807, 2.05) is 35.2 Å². The summed E-state index contributed by atoms with van der Waals surface area (Å²) in [6, 6.07) is 9.82. The molecule has 0 radical (unpaired) electrons. The topological polar surface area (TPSA) is 29.5 Å². The Morgan fingerprint density at radius 1 is 1.33 bits per heavy atom. The lowest BCUT2D eigenvalue weighted by molar-refractivity contribution is 0.0995. The third-order valence-electron chi connectivity index (χ3n) is 4.92. The van der Waals surface area contributed by atoms with Crippen LogP contribution in [0.25, 0.3) is 0 Å². The fourth-order valence-corrected chi connectivity index (χ4v) is 3.99. The number of ether oxygens (including phenoxy) is 1. The molecule has 0 unspecified atom stereocenters. The van der Waals surface area contributed by atoms with Crippen molar-refractivity contribution in [1.82, 2.24) is 4.90 Å². The predicted octanol–water partition coefficient (Wildman–Crippen LogP) is 4.05. The van der Waals surface area contributed by atoms with E-state index in [2.05, 4.69) is 0 Å². The molecule has 1 saturated heterocycles. The molecule has 114 valence electrons. The molecule has 1 amide bonds. The molecule has 1 aliphatic carbocycles. The van der Waals surface area contributed by atoms with Gasteiger partial charge in [0.2, 0.25) is 0 Å². The van der Waals surface area contributed by atoms with Crippen LogP contribution >= 0.6 is 11.6 Å². The molecule has 0 aromatic heterocycles. The van der Waals surface area contributed by atoms with Gasteiger partial charge in [0, 0.05) is 19.0 Å². The van der Waals surface area contributed by atoms with Gasteiger partial charge in [-0.1, -0.05) is 30.3 Å². The van der Waals surface area contributed by atoms with Crippen LogP contribution in [0, 0.1) is 11.3 Å². The van der Waals surface area contributed by atoms with Crippen LogP contribution in [0.3, 0.4) is 0 Å². The Labute approximate surface area is 131 Å². The van der Waals surface area contributed by atoms with Crippen molar-refractivity contribution >= 4 is 17.7 Å². The highest BCUT2D eigenvalue weighted by Gasteiger charge is 2.45. The molecule has 2 fully saturated rings. The number of amides is 1. The predicted molar refractivity (Wildman–Crippen MR) is 83.3 cm³/mol. The number of likely N-dealkylation sites (tertiary alicyclic amines) is 1. The molecule has 0 bridgehead atoms. The Morgan fingerprint density at radius 2 is 2.14 bits per heavy atom. The number of halogens is 1. The normalized spacial score (nSPS) is 28.2. The number of nitrogens with zero attached hydrogens (tertiary/aromatic N) is 1. The van der Waals surface area contributed by atoms with Gasteiger partial charge in [-0.05, 0) is 42.6 Å². The van der Waals surface area contributed by atoms with E-state index in [4.69, 9.17) is 16.3 Å². The van der Waals surface area contributed by atoms with E-state index in [1.54, 1.807) is 0 Å². The molecule has 2 atom stereocenters. The van der Waals surface area contributed by atoms with Crippen LogP contribution in [0.5, 0.6) is 0 Å². The van der Waals surface area contributed by atoms with Gasteiger partial charge in [-0.15, -0.1) is 11.6 Å². The molecule has 1 heterocycles. The van der Waals surface area contributed by atoms with E-state index in [0.29, 0.717) is 17.9 Å². The van der Waals surface area contributed by atoms with Crippen molar-refractivity contribution in [3.05, 3.63) is 35.9 Å². The molecule has 1 spiro atoms. The molecule has 0 N–H and O–H groups in total. The van der Waals surface area contributed by atoms with Crippen LogP contribution in [0.15, 0.2) is 30.3 Å². The number of rotatable bonds is 3. The van der Waals surface area contributed by atoms with Gasteiger partial charge in [-0.2, -0.15) is 0 Å². The second kappa shape index (κ2) is 6.27. The van der Waals surface area contributed by atoms with Gasteiger partial charge in [0.25, 0.3) is 0 Å². The van der Waals surface area contributed by atoms with Crippen LogP contribution < -0.4 is 0 Å². The fraction of sp³-hybridized carbons (Fsp3) is 0.588. The summed E-state index contributed by atoms with van der Waals surface area (Å²) in [7, 11) is 0. The smallest absolute Gasteiger partial charge is 0.410 e. The quantitative estimate of drug-likeness (QED) is 0.788. The van der Waals surface area contributed by atoms with Crippen molar-refractivity contribution in [2.24, 2.45) is 11.3 Å². The average Bonchev–Trinajstić information content (AvgIpc) is 3.13. The molecule has 3 nitrogen and oxygen atoms in total. The Balaban J connectivity index is 1.51. The second-order valence-electron chi connectivity index (χ2n) is 6.47. The van der Waals surface area contributed by atoms with E-state index in [0.717, 1.165) is 31.0 Å². The van der Waals surface area contributed by atoms with Crippen molar-refractivity contribution in [3.63, 3.8) is 0 Å². The molecule has 21 heavy (non-hydrogen) atoms. The standard InChI is InChI=1S/C17H22ClNO2/c18-11-15-6-7-17(10-15)8-9-19(13-17)16(20)21-12-14-4-2-1-3-5-14/h1-5,15H,6-13H2/t15-,17+/m1/s1. The molecule has 3 rings (SSSR count). The van der Waals surface area contributed by atoms with E-state index in [9.17, 15) is 4.79 Å². The fourth-order valence-electron chi connectivity index (χ4n) is 3.73. The molecule has 1 aliphatic heterocycles. The van der Waals surface area contributed by atoms with E-state index >= 15 is 0 Å². The maximum absolute atomic E-state index is 12.2. The summed E-state index contributed by atoms with van der Waals surface area (Å²) < 4.78 is 5.43. The maximum atomic E-state index is 12.2. The molecule has 1 saturated carbocycles. The van der Waals surface area contributed by atoms with Gasteiger partial charge in [0.15, 0.2) is 0 Å². The van der Waals surface area contributed by atoms with Crippen molar-refractivity contribution in [3.8, 4) is 0 Å². The summed E-state index contributed by atoms with van der Waals surface area (Å²) in [4.78, 5) is 14.1. The summed E-state index contributed by atoms with van der Waals surface area (Å²) in [5.74, 6) is 1.38. The molecular weight excluding hydrogens is 286 g/mol. The van der Waals surface area contributed by atoms with Gasteiger partial charge in [0.1, 0.15) is 6.61 Å². The second-order valence-corrected chi connectivity index (χ2v) is 6.78.